The van der Waals surface area contributed by atoms with Gasteiger partial charge in [0, 0.05) is 18.7 Å². The molecule has 0 saturated carbocycles. The van der Waals surface area contributed by atoms with Crippen LogP contribution in [0, 0.1) is 6.92 Å². The van der Waals surface area contributed by atoms with Gasteiger partial charge in [0.05, 0.1) is 5.75 Å². The van der Waals surface area contributed by atoms with Crippen molar-refractivity contribution in [2.24, 2.45) is 0 Å². The number of nitrogens with one attached hydrogen (secondary N) is 1. The maximum Gasteiger partial charge on any atom is 0.215 e. The van der Waals surface area contributed by atoms with Crippen LogP contribution < -0.4 is 4.72 Å². The first-order chi connectivity index (χ1) is 11.2. The quantitative estimate of drug-likeness (QED) is 0.813. The van der Waals surface area contributed by atoms with Gasteiger partial charge in [-0.1, -0.05) is 53.6 Å². The average Bonchev–Trinajstić information content (AvgIpc) is 2.52. The van der Waals surface area contributed by atoms with E-state index in [-0.39, 0.29) is 12.3 Å². The number of rotatable bonds is 7. The molecule has 0 bridgehead atoms. The number of hydrogen-bond donors (Lipinski definition) is 1. The zero-order valence-electron chi connectivity index (χ0n) is 14.0. The summed E-state index contributed by atoms with van der Waals surface area (Å²) in [7, 11) is -1.92. The molecule has 0 heterocycles. The maximum atomic E-state index is 12.4. The molecule has 2 aromatic carbocycles. The number of hydrogen-bond acceptors (Lipinski definition) is 3. The predicted molar refractivity (Wildman–Crippen MR) is 97.6 cm³/mol. The summed E-state index contributed by atoms with van der Waals surface area (Å²) >= 11 is 6.03. The Bertz CT molecular complexity index is 807. The molecule has 0 amide bonds. The highest BCUT2D eigenvalue weighted by Gasteiger charge is 2.28. The minimum Gasteiger partial charge on any atom is -0.372 e. The summed E-state index contributed by atoms with van der Waals surface area (Å²) in [6, 6.07) is 14.7. The molecule has 6 heteroatoms. The molecule has 1 N–H and O–H groups in total. The van der Waals surface area contributed by atoms with Crippen molar-refractivity contribution in [3.8, 4) is 0 Å². The summed E-state index contributed by atoms with van der Waals surface area (Å²) in [6.07, 6.45) is 0. The number of aryl methyl sites for hydroxylation is 1. The molecule has 0 aliphatic carbocycles. The Hall–Kier alpha value is -1.40. The third kappa shape index (κ3) is 5.05. The smallest absolute Gasteiger partial charge is 0.215 e. The number of halogens is 1. The van der Waals surface area contributed by atoms with E-state index in [9.17, 15) is 8.42 Å². The van der Waals surface area contributed by atoms with Gasteiger partial charge in [-0.05, 0) is 37.1 Å². The molecule has 2 aromatic rings. The number of ether oxygens (including phenoxy) is 1. The van der Waals surface area contributed by atoms with Crippen LogP contribution in [0.1, 0.15) is 23.6 Å². The summed E-state index contributed by atoms with van der Waals surface area (Å²) in [6.45, 7) is 3.89. The highest BCUT2D eigenvalue weighted by molar-refractivity contribution is 7.88. The minimum atomic E-state index is -3.48. The second-order valence-electron chi connectivity index (χ2n) is 6.01. The lowest BCUT2D eigenvalue weighted by molar-refractivity contribution is 0.00698. The van der Waals surface area contributed by atoms with Crippen LogP contribution in [0.25, 0.3) is 0 Å². The molecule has 24 heavy (non-hydrogen) atoms. The molecule has 1 atom stereocenters. The van der Waals surface area contributed by atoms with Gasteiger partial charge in [-0.3, -0.25) is 0 Å². The van der Waals surface area contributed by atoms with Gasteiger partial charge in [-0.15, -0.1) is 0 Å². The molecule has 0 radical (unpaired) electrons. The molecule has 130 valence electrons. The topological polar surface area (TPSA) is 55.4 Å². The molecule has 0 saturated heterocycles. The van der Waals surface area contributed by atoms with Gasteiger partial charge in [0.15, 0.2) is 0 Å². The summed E-state index contributed by atoms with van der Waals surface area (Å²) in [5.74, 6) is -0.0655. The van der Waals surface area contributed by atoms with Gasteiger partial charge >= 0.3 is 0 Å². The minimum absolute atomic E-state index is 0.0655. The normalized spacial score (nSPS) is 14.3. The highest BCUT2D eigenvalue weighted by atomic mass is 35.5. The van der Waals surface area contributed by atoms with Crippen LogP contribution in [-0.2, 0) is 26.1 Å². The van der Waals surface area contributed by atoms with E-state index in [1.165, 1.54) is 0 Å². The zero-order valence-corrected chi connectivity index (χ0v) is 15.6. The fourth-order valence-corrected chi connectivity index (χ4v) is 3.84. The standard InChI is InChI=1S/C18H22ClNO3S/c1-14-6-4-7-15(10-14)12-24(21,22)20-13-18(2,23-3)16-8-5-9-17(19)11-16/h4-11,20H,12-13H2,1-3H3. The van der Waals surface area contributed by atoms with Gasteiger partial charge in [0.25, 0.3) is 0 Å². The van der Waals surface area contributed by atoms with Crippen molar-refractivity contribution in [3.63, 3.8) is 0 Å². The summed E-state index contributed by atoms with van der Waals surface area (Å²) in [4.78, 5) is 0. The SMILES string of the molecule is COC(C)(CNS(=O)(=O)Cc1cccc(C)c1)c1cccc(Cl)c1. The lowest BCUT2D eigenvalue weighted by Gasteiger charge is -2.29. The van der Waals surface area contributed by atoms with Crippen LogP contribution in [-0.4, -0.2) is 22.1 Å². The molecule has 0 spiro atoms. The van der Waals surface area contributed by atoms with Gasteiger partial charge in [0.1, 0.15) is 5.60 Å². The summed E-state index contributed by atoms with van der Waals surface area (Å²) in [5, 5.41) is 0.582. The Balaban J connectivity index is 2.11. The van der Waals surface area contributed by atoms with Gasteiger partial charge in [0.2, 0.25) is 10.0 Å². The van der Waals surface area contributed by atoms with Crippen LogP contribution in [0.15, 0.2) is 48.5 Å². The van der Waals surface area contributed by atoms with Crippen LogP contribution in [0.2, 0.25) is 5.02 Å². The molecule has 0 fully saturated rings. The van der Waals surface area contributed by atoms with Crippen molar-refractivity contribution in [2.45, 2.75) is 25.2 Å². The highest BCUT2D eigenvalue weighted by Crippen LogP contribution is 2.26. The number of sulfonamides is 1. The van der Waals surface area contributed by atoms with Gasteiger partial charge in [-0.2, -0.15) is 0 Å². The number of methoxy groups -OCH3 is 1. The number of benzene rings is 2. The molecule has 0 aliphatic rings. The Morgan fingerprint density at radius 2 is 1.88 bits per heavy atom. The predicted octanol–water partition coefficient (Wildman–Crippen LogP) is 3.63. The second-order valence-corrected chi connectivity index (χ2v) is 8.26. The third-order valence-corrected chi connectivity index (χ3v) is 5.49. The van der Waals surface area contributed by atoms with E-state index in [0.717, 1.165) is 16.7 Å². The molecular formula is C18H22ClNO3S. The van der Waals surface area contributed by atoms with Crippen LogP contribution in [0.5, 0.6) is 0 Å². The van der Waals surface area contributed by atoms with Crippen molar-refractivity contribution >= 4 is 21.6 Å². The van der Waals surface area contributed by atoms with Crippen LogP contribution in [0.4, 0.5) is 0 Å². The van der Waals surface area contributed by atoms with Crippen LogP contribution in [0.3, 0.4) is 0 Å². The van der Waals surface area contributed by atoms with Crippen molar-refractivity contribution in [3.05, 3.63) is 70.2 Å². The Labute approximate surface area is 148 Å². The van der Waals surface area contributed by atoms with E-state index in [4.69, 9.17) is 16.3 Å². The molecule has 0 aliphatic heterocycles. The Kier molecular flexibility index (Phi) is 6.04. The van der Waals surface area contributed by atoms with Crippen LogP contribution >= 0.6 is 11.6 Å². The summed E-state index contributed by atoms with van der Waals surface area (Å²) in [5.41, 5.74) is 1.80. The molecule has 0 aromatic heterocycles. The monoisotopic (exact) mass is 367 g/mol. The Morgan fingerprint density at radius 1 is 1.17 bits per heavy atom. The summed E-state index contributed by atoms with van der Waals surface area (Å²) < 4.78 is 33.0. The van der Waals surface area contributed by atoms with Crippen molar-refractivity contribution in [1.29, 1.82) is 0 Å². The first-order valence-electron chi connectivity index (χ1n) is 7.58. The molecule has 1 unspecified atom stereocenters. The molecular weight excluding hydrogens is 346 g/mol. The van der Waals surface area contributed by atoms with Crippen molar-refractivity contribution in [1.82, 2.24) is 4.72 Å². The first-order valence-corrected chi connectivity index (χ1v) is 9.61. The van der Waals surface area contributed by atoms with Crippen molar-refractivity contribution in [2.75, 3.05) is 13.7 Å². The maximum absolute atomic E-state index is 12.4. The van der Waals surface area contributed by atoms with E-state index in [2.05, 4.69) is 4.72 Å². The van der Waals surface area contributed by atoms with Gasteiger partial charge in [-0.25, -0.2) is 13.1 Å². The third-order valence-electron chi connectivity index (χ3n) is 3.95. The lowest BCUT2D eigenvalue weighted by atomic mass is 9.96. The average molecular weight is 368 g/mol. The largest absolute Gasteiger partial charge is 0.372 e. The van der Waals surface area contributed by atoms with Crippen molar-refractivity contribution < 1.29 is 13.2 Å². The fraction of sp³-hybridized carbons (Fsp3) is 0.333. The van der Waals surface area contributed by atoms with E-state index < -0.39 is 15.6 Å². The lowest BCUT2D eigenvalue weighted by Crippen LogP contribution is -2.40. The second kappa shape index (κ2) is 7.66. The first kappa shape index (κ1) is 18.9. The van der Waals surface area contributed by atoms with Gasteiger partial charge < -0.3 is 4.74 Å². The van der Waals surface area contributed by atoms with E-state index >= 15 is 0 Å². The van der Waals surface area contributed by atoms with E-state index in [1.54, 1.807) is 25.3 Å². The Morgan fingerprint density at radius 3 is 2.50 bits per heavy atom. The van der Waals surface area contributed by atoms with E-state index in [0.29, 0.717) is 5.02 Å². The fourth-order valence-electron chi connectivity index (χ4n) is 2.43. The zero-order chi connectivity index (χ0) is 17.8. The molecule has 2 rings (SSSR count). The molecule has 4 nitrogen and oxygen atoms in total. The van der Waals surface area contributed by atoms with E-state index in [1.807, 2.05) is 44.2 Å².